The molecule has 148 valence electrons. The number of para-hydroxylation sites is 1. The molecule has 2 amide bonds. The van der Waals surface area contributed by atoms with Crippen LogP contribution in [0.3, 0.4) is 0 Å². The largest absolute Gasteiger partial charge is 0.496 e. The topological polar surface area (TPSA) is 82.3 Å². The Balaban J connectivity index is 1.70. The monoisotopic (exact) mass is 381 g/mol. The lowest BCUT2D eigenvalue weighted by molar-refractivity contribution is 0.247. The first-order valence-corrected chi connectivity index (χ1v) is 9.55. The van der Waals surface area contributed by atoms with Gasteiger partial charge in [-0.05, 0) is 36.9 Å². The van der Waals surface area contributed by atoms with E-state index in [0.717, 1.165) is 47.4 Å². The molecule has 2 aromatic carbocycles. The molecule has 0 aliphatic rings. The van der Waals surface area contributed by atoms with Gasteiger partial charge in [-0.15, -0.1) is 0 Å². The summed E-state index contributed by atoms with van der Waals surface area (Å²) in [4.78, 5) is 14.4. The van der Waals surface area contributed by atoms with Gasteiger partial charge in [0.25, 0.3) is 0 Å². The van der Waals surface area contributed by atoms with Gasteiger partial charge < -0.3 is 15.0 Å². The number of carbonyl (C=O) groups excluding carboxylic acids is 1. The molecular weight excluding hydrogens is 354 g/mol. The summed E-state index contributed by atoms with van der Waals surface area (Å²) < 4.78 is 5.45. The quantitative estimate of drug-likeness (QED) is 0.556. The van der Waals surface area contributed by atoms with E-state index in [9.17, 15) is 4.79 Å². The number of H-pyrrole nitrogens is 1. The van der Waals surface area contributed by atoms with Crippen molar-refractivity contribution < 1.29 is 9.53 Å². The van der Waals surface area contributed by atoms with Crippen molar-refractivity contribution in [2.24, 2.45) is 0 Å². The molecule has 0 aliphatic heterocycles. The van der Waals surface area contributed by atoms with Gasteiger partial charge in [0.1, 0.15) is 5.75 Å². The van der Waals surface area contributed by atoms with Crippen molar-refractivity contribution in [1.29, 1.82) is 0 Å². The number of anilines is 1. The zero-order chi connectivity index (χ0) is 19.9. The molecule has 0 bridgehead atoms. The number of amides is 2. The second-order valence-electron chi connectivity index (χ2n) is 6.44. The van der Waals surface area contributed by atoms with Crippen LogP contribution in [0.25, 0.3) is 22.0 Å². The Bertz CT molecular complexity index is 933. The van der Waals surface area contributed by atoms with Crippen LogP contribution in [0, 0.1) is 0 Å². The van der Waals surface area contributed by atoms with Gasteiger partial charge in [-0.2, -0.15) is 5.10 Å². The summed E-state index contributed by atoms with van der Waals surface area (Å²) >= 11 is 0. The number of nitrogens with one attached hydrogen (secondary N) is 3. The number of urea groups is 1. The predicted molar refractivity (Wildman–Crippen MR) is 113 cm³/mol. The second-order valence-corrected chi connectivity index (χ2v) is 6.44. The fourth-order valence-corrected chi connectivity index (χ4v) is 3.18. The number of carbonyl (C=O) groups is 1. The third-order valence-corrected chi connectivity index (χ3v) is 4.82. The zero-order valence-electron chi connectivity index (χ0n) is 16.6. The maximum Gasteiger partial charge on any atom is 0.320 e. The van der Waals surface area contributed by atoms with E-state index in [1.807, 2.05) is 42.5 Å². The van der Waals surface area contributed by atoms with Gasteiger partial charge in [0, 0.05) is 24.0 Å². The first-order valence-electron chi connectivity index (χ1n) is 9.55. The van der Waals surface area contributed by atoms with Crippen LogP contribution in [-0.4, -0.2) is 54.4 Å². The minimum atomic E-state index is -0.255. The smallest absolute Gasteiger partial charge is 0.320 e. The van der Waals surface area contributed by atoms with Gasteiger partial charge >= 0.3 is 6.03 Å². The van der Waals surface area contributed by atoms with E-state index in [-0.39, 0.29) is 6.03 Å². The summed E-state index contributed by atoms with van der Waals surface area (Å²) in [5, 5.41) is 13.8. The van der Waals surface area contributed by atoms with Gasteiger partial charge in [0.15, 0.2) is 5.82 Å². The van der Waals surface area contributed by atoms with Gasteiger partial charge in [-0.25, -0.2) is 4.79 Å². The first-order chi connectivity index (χ1) is 13.7. The average molecular weight is 381 g/mol. The van der Waals surface area contributed by atoms with Crippen molar-refractivity contribution in [2.75, 3.05) is 38.6 Å². The Morgan fingerprint density at radius 2 is 1.96 bits per heavy atom. The highest BCUT2D eigenvalue weighted by Crippen LogP contribution is 2.32. The van der Waals surface area contributed by atoms with E-state index in [4.69, 9.17) is 4.74 Å². The van der Waals surface area contributed by atoms with E-state index < -0.39 is 0 Å². The van der Waals surface area contributed by atoms with Crippen molar-refractivity contribution in [2.45, 2.75) is 13.8 Å². The molecule has 1 aromatic heterocycles. The summed E-state index contributed by atoms with van der Waals surface area (Å²) in [6, 6.07) is 13.6. The Hall–Kier alpha value is -3.06. The Morgan fingerprint density at radius 3 is 2.71 bits per heavy atom. The minimum absolute atomic E-state index is 0.255. The fourth-order valence-electron chi connectivity index (χ4n) is 3.18. The Labute approximate surface area is 165 Å². The second kappa shape index (κ2) is 9.23. The normalized spacial score (nSPS) is 11.0. The maximum atomic E-state index is 12.2. The van der Waals surface area contributed by atoms with Crippen LogP contribution in [0.5, 0.6) is 5.75 Å². The van der Waals surface area contributed by atoms with E-state index in [2.05, 4.69) is 39.6 Å². The van der Waals surface area contributed by atoms with E-state index in [0.29, 0.717) is 12.4 Å². The summed E-state index contributed by atoms with van der Waals surface area (Å²) in [7, 11) is 1.66. The van der Waals surface area contributed by atoms with E-state index in [1.54, 1.807) is 7.11 Å². The fraction of sp³-hybridized carbons (Fsp3) is 0.333. The lowest BCUT2D eigenvalue weighted by Crippen LogP contribution is -2.37. The molecule has 0 atom stereocenters. The van der Waals surface area contributed by atoms with Crippen molar-refractivity contribution in [3.8, 4) is 16.9 Å². The summed E-state index contributed by atoms with van der Waals surface area (Å²) in [5.41, 5.74) is 2.87. The SMILES string of the molecule is CCN(CC)CCNC(=O)Nc1n[nH]c2cc(-c3ccccc3OC)ccc12. The molecular formula is C21H27N5O2. The highest BCUT2D eigenvalue weighted by atomic mass is 16.5. The van der Waals surface area contributed by atoms with E-state index in [1.165, 1.54) is 0 Å². The molecule has 3 aromatic rings. The average Bonchev–Trinajstić information content (AvgIpc) is 3.13. The molecule has 3 rings (SSSR count). The number of ether oxygens (including phenoxy) is 1. The number of methoxy groups -OCH3 is 1. The summed E-state index contributed by atoms with van der Waals surface area (Å²) in [6.07, 6.45) is 0. The highest BCUT2D eigenvalue weighted by Gasteiger charge is 2.12. The standard InChI is InChI=1S/C21H27N5O2/c1-4-26(5-2)13-12-22-21(27)23-20-17-11-10-15(14-18(17)24-25-20)16-8-6-7-9-19(16)28-3/h6-11,14H,4-5,12-13H2,1-3H3,(H3,22,23,24,25,27). The van der Waals surface area contributed by atoms with Crippen molar-refractivity contribution >= 4 is 22.8 Å². The lowest BCUT2D eigenvalue weighted by Gasteiger charge is -2.17. The Morgan fingerprint density at radius 1 is 1.18 bits per heavy atom. The number of hydrogen-bond donors (Lipinski definition) is 3. The van der Waals surface area contributed by atoms with Crippen molar-refractivity contribution in [3.05, 3.63) is 42.5 Å². The molecule has 0 saturated heterocycles. The molecule has 0 fully saturated rings. The Kier molecular flexibility index (Phi) is 6.49. The van der Waals surface area contributed by atoms with Crippen LogP contribution < -0.4 is 15.4 Å². The van der Waals surface area contributed by atoms with Crippen LogP contribution >= 0.6 is 0 Å². The number of benzene rings is 2. The van der Waals surface area contributed by atoms with Crippen LogP contribution in [0.15, 0.2) is 42.5 Å². The van der Waals surface area contributed by atoms with E-state index >= 15 is 0 Å². The van der Waals surface area contributed by atoms with Crippen molar-refractivity contribution in [3.63, 3.8) is 0 Å². The number of rotatable bonds is 8. The van der Waals surface area contributed by atoms with Gasteiger partial charge in [0.05, 0.1) is 12.6 Å². The number of aromatic amines is 1. The summed E-state index contributed by atoms with van der Waals surface area (Å²) in [6.45, 7) is 7.58. The van der Waals surface area contributed by atoms with Gasteiger partial charge in [0.2, 0.25) is 0 Å². The third-order valence-electron chi connectivity index (χ3n) is 4.82. The molecule has 0 spiro atoms. The lowest BCUT2D eigenvalue weighted by atomic mass is 10.0. The molecule has 0 unspecified atom stereocenters. The van der Waals surface area contributed by atoms with Crippen LogP contribution in [0.1, 0.15) is 13.8 Å². The third kappa shape index (κ3) is 4.43. The molecule has 3 N–H and O–H groups in total. The molecule has 0 saturated carbocycles. The number of likely N-dealkylation sites (N-methyl/N-ethyl adjacent to an activating group) is 1. The maximum absolute atomic E-state index is 12.2. The van der Waals surface area contributed by atoms with Crippen LogP contribution in [0.2, 0.25) is 0 Å². The zero-order valence-corrected chi connectivity index (χ0v) is 16.6. The first kappa shape index (κ1) is 19.7. The van der Waals surface area contributed by atoms with Gasteiger partial charge in [-0.1, -0.05) is 38.1 Å². The summed E-state index contributed by atoms with van der Waals surface area (Å²) in [5.74, 6) is 1.33. The number of hydrogen-bond acceptors (Lipinski definition) is 4. The van der Waals surface area contributed by atoms with Crippen molar-refractivity contribution in [1.82, 2.24) is 20.4 Å². The molecule has 0 aliphatic carbocycles. The number of aromatic nitrogens is 2. The molecule has 28 heavy (non-hydrogen) atoms. The molecule has 0 radical (unpaired) electrons. The van der Waals surface area contributed by atoms with Gasteiger partial charge in [-0.3, -0.25) is 10.4 Å². The van der Waals surface area contributed by atoms with Crippen LogP contribution in [-0.2, 0) is 0 Å². The number of fused-ring (bicyclic) bond motifs is 1. The predicted octanol–water partition coefficient (Wildman–Crippen LogP) is 3.70. The highest BCUT2D eigenvalue weighted by molar-refractivity contribution is 6.00. The molecule has 1 heterocycles. The molecule has 7 heteroatoms. The number of nitrogens with zero attached hydrogens (tertiary/aromatic N) is 2. The minimum Gasteiger partial charge on any atom is -0.496 e. The molecule has 7 nitrogen and oxygen atoms in total. The van der Waals surface area contributed by atoms with Crippen LogP contribution in [0.4, 0.5) is 10.6 Å².